The Kier molecular flexibility index (Phi) is 3.09. The third kappa shape index (κ3) is 2.53. The summed E-state index contributed by atoms with van der Waals surface area (Å²) in [6.45, 7) is 0. The summed E-state index contributed by atoms with van der Waals surface area (Å²) in [5.41, 5.74) is 8.32. The van der Waals surface area contributed by atoms with E-state index in [-0.39, 0.29) is 0 Å². The number of aromatic nitrogens is 1. The summed E-state index contributed by atoms with van der Waals surface area (Å²) in [4.78, 5) is 4.29. The Morgan fingerprint density at radius 3 is 2.53 bits per heavy atom. The summed E-state index contributed by atoms with van der Waals surface area (Å²) in [5, 5.41) is 0. The topological polar surface area (TPSA) is 52.0 Å². The summed E-state index contributed by atoms with van der Waals surface area (Å²) in [6.07, 6.45) is 1.72. The fourth-order valence-electron chi connectivity index (χ4n) is 1.83. The van der Waals surface area contributed by atoms with E-state index >= 15 is 0 Å². The molecule has 2 N–H and O–H groups in total. The first-order valence-corrected chi connectivity index (χ1v) is 6.59. The number of oxazole rings is 1. The monoisotopic (exact) mass is 314 g/mol. The SMILES string of the molecule is Nc1cccc(-c2ncc(-c3ccc(Br)cc3)o2)c1. The van der Waals surface area contributed by atoms with Crippen LogP contribution in [0.2, 0.25) is 0 Å². The molecule has 94 valence electrons. The first-order valence-electron chi connectivity index (χ1n) is 5.80. The Hall–Kier alpha value is -2.07. The molecule has 0 aliphatic heterocycles. The second-order valence-corrected chi connectivity index (χ2v) is 5.08. The average Bonchev–Trinajstić information content (AvgIpc) is 2.89. The summed E-state index contributed by atoms with van der Waals surface area (Å²) in [7, 11) is 0. The number of anilines is 1. The van der Waals surface area contributed by atoms with Gasteiger partial charge in [0.1, 0.15) is 0 Å². The molecule has 1 aromatic heterocycles. The smallest absolute Gasteiger partial charge is 0.226 e. The van der Waals surface area contributed by atoms with Crippen molar-refractivity contribution in [3.8, 4) is 22.8 Å². The maximum Gasteiger partial charge on any atom is 0.226 e. The van der Waals surface area contributed by atoms with Gasteiger partial charge in [-0.1, -0.05) is 34.1 Å². The molecular formula is C15H11BrN2O. The summed E-state index contributed by atoms with van der Waals surface area (Å²) in [5.74, 6) is 1.31. The largest absolute Gasteiger partial charge is 0.436 e. The van der Waals surface area contributed by atoms with Crippen molar-refractivity contribution in [3.63, 3.8) is 0 Å². The van der Waals surface area contributed by atoms with Gasteiger partial charge in [-0.05, 0) is 30.3 Å². The van der Waals surface area contributed by atoms with Crippen molar-refractivity contribution in [2.24, 2.45) is 0 Å². The second-order valence-electron chi connectivity index (χ2n) is 4.16. The van der Waals surface area contributed by atoms with Gasteiger partial charge in [-0.25, -0.2) is 4.98 Å². The number of halogens is 1. The van der Waals surface area contributed by atoms with Crippen LogP contribution in [-0.2, 0) is 0 Å². The zero-order chi connectivity index (χ0) is 13.2. The van der Waals surface area contributed by atoms with Crippen LogP contribution in [0, 0.1) is 0 Å². The highest BCUT2D eigenvalue weighted by Gasteiger charge is 2.08. The van der Waals surface area contributed by atoms with Gasteiger partial charge < -0.3 is 10.2 Å². The molecule has 0 amide bonds. The quantitative estimate of drug-likeness (QED) is 0.715. The molecule has 3 rings (SSSR count). The Bertz CT molecular complexity index is 704. The maximum absolute atomic E-state index is 5.77. The Morgan fingerprint density at radius 2 is 1.79 bits per heavy atom. The van der Waals surface area contributed by atoms with Crippen LogP contribution in [0.25, 0.3) is 22.8 Å². The van der Waals surface area contributed by atoms with Gasteiger partial charge in [0, 0.05) is 21.3 Å². The van der Waals surface area contributed by atoms with E-state index in [0.717, 1.165) is 21.4 Å². The highest BCUT2D eigenvalue weighted by molar-refractivity contribution is 9.10. The zero-order valence-electron chi connectivity index (χ0n) is 10.0. The highest BCUT2D eigenvalue weighted by Crippen LogP contribution is 2.27. The van der Waals surface area contributed by atoms with Gasteiger partial charge in [-0.2, -0.15) is 0 Å². The van der Waals surface area contributed by atoms with E-state index in [4.69, 9.17) is 10.2 Å². The number of rotatable bonds is 2. The third-order valence-electron chi connectivity index (χ3n) is 2.77. The van der Waals surface area contributed by atoms with Crippen LogP contribution in [0.3, 0.4) is 0 Å². The number of nitrogen functional groups attached to an aromatic ring is 1. The number of hydrogen-bond acceptors (Lipinski definition) is 3. The van der Waals surface area contributed by atoms with E-state index in [1.807, 2.05) is 48.5 Å². The molecule has 0 radical (unpaired) electrons. The predicted octanol–water partition coefficient (Wildman–Crippen LogP) is 4.35. The third-order valence-corrected chi connectivity index (χ3v) is 3.30. The van der Waals surface area contributed by atoms with E-state index in [9.17, 15) is 0 Å². The van der Waals surface area contributed by atoms with Crippen molar-refractivity contribution in [1.82, 2.24) is 4.98 Å². The van der Waals surface area contributed by atoms with Crippen molar-refractivity contribution in [2.75, 3.05) is 5.73 Å². The van der Waals surface area contributed by atoms with Gasteiger partial charge in [0.05, 0.1) is 6.20 Å². The molecule has 1 heterocycles. The van der Waals surface area contributed by atoms with Crippen LogP contribution in [0.4, 0.5) is 5.69 Å². The molecule has 0 aliphatic carbocycles. The number of nitrogens with two attached hydrogens (primary N) is 1. The van der Waals surface area contributed by atoms with Gasteiger partial charge in [-0.15, -0.1) is 0 Å². The fraction of sp³-hybridized carbons (Fsp3) is 0. The van der Waals surface area contributed by atoms with Gasteiger partial charge in [0.15, 0.2) is 5.76 Å². The summed E-state index contributed by atoms with van der Waals surface area (Å²) < 4.78 is 6.80. The van der Waals surface area contributed by atoms with Crippen molar-refractivity contribution in [1.29, 1.82) is 0 Å². The predicted molar refractivity (Wildman–Crippen MR) is 79.5 cm³/mol. The van der Waals surface area contributed by atoms with Gasteiger partial charge in [-0.3, -0.25) is 0 Å². The van der Waals surface area contributed by atoms with E-state index in [1.54, 1.807) is 6.20 Å². The molecule has 2 aromatic carbocycles. The van der Waals surface area contributed by atoms with E-state index in [1.165, 1.54) is 0 Å². The Morgan fingerprint density at radius 1 is 1.00 bits per heavy atom. The number of nitrogens with zero attached hydrogens (tertiary/aromatic N) is 1. The lowest BCUT2D eigenvalue weighted by molar-refractivity contribution is 0.589. The molecule has 0 saturated carbocycles. The van der Waals surface area contributed by atoms with Crippen LogP contribution in [0.15, 0.2) is 63.6 Å². The van der Waals surface area contributed by atoms with E-state index < -0.39 is 0 Å². The minimum atomic E-state index is 0.574. The van der Waals surface area contributed by atoms with Crippen molar-refractivity contribution < 1.29 is 4.42 Å². The molecule has 3 aromatic rings. The van der Waals surface area contributed by atoms with Crippen LogP contribution < -0.4 is 5.73 Å². The molecule has 0 fully saturated rings. The molecule has 0 spiro atoms. The van der Waals surface area contributed by atoms with Gasteiger partial charge >= 0.3 is 0 Å². The van der Waals surface area contributed by atoms with E-state index in [0.29, 0.717) is 11.6 Å². The first kappa shape index (κ1) is 12.0. The number of benzene rings is 2. The average molecular weight is 315 g/mol. The molecule has 0 unspecified atom stereocenters. The van der Waals surface area contributed by atoms with Crippen molar-refractivity contribution in [3.05, 3.63) is 59.2 Å². The van der Waals surface area contributed by atoms with Crippen molar-refractivity contribution >= 4 is 21.6 Å². The lowest BCUT2D eigenvalue weighted by Crippen LogP contribution is -1.84. The summed E-state index contributed by atoms with van der Waals surface area (Å²) >= 11 is 3.41. The minimum absolute atomic E-state index is 0.574. The lowest BCUT2D eigenvalue weighted by Gasteiger charge is -1.98. The van der Waals surface area contributed by atoms with Gasteiger partial charge in [0.25, 0.3) is 0 Å². The maximum atomic E-state index is 5.77. The van der Waals surface area contributed by atoms with E-state index in [2.05, 4.69) is 20.9 Å². The highest BCUT2D eigenvalue weighted by atomic mass is 79.9. The lowest BCUT2D eigenvalue weighted by atomic mass is 10.2. The molecule has 3 nitrogen and oxygen atoms in total. The molecule has 0 saturated heterocycles. The van der Waals surface area contributed by atoms with Crippen molar-refractivity contribution in [2.45, 2.75) is 0 Å². The summed E-state index contributed by atoms with van der Waals surface area (Å²) in [6, 6.07) is 15.4. The molecule has 0 atom stereocenters. The standard InChI is InChI=1S/C15H11BrN2O/c16-12-6-4-10(5-7-12)14-9-18-15(19-14)11-2-1-3-13(17)8-11/h1-9H,17H2. The van der Waals surface area contributed by atoms with Crippen LogP contribution in [0.5, 0.6) is 0 Å². The fourth-order valence-corrected chi connectivity index (χ4v) is 2.09. The molecule has 4 heteroatoms. The Balaban J connectivity index is 1.97. The van der Waals surface area contributed by atoms with Gasteiger partial charge in [0.2, 0.25) is 5.89 Å². The van der Waals surface area contributed by atoms with Crippen LogP contribution in [0.1, 0.15) is 0 Å². The Labute approximate surface area is 119 Å². The minimum Gasteiger partial charge on any atom is -0.436 e. The molecular weight excluding hydrogens is 304 g/mol. The molecule has 0 bridgehead atoms. The molecule has 19 heavy (non-hydrogen) atoms. The first-order chi connectivity index (χ1) is 9.22. The normalized spacial score (nSPS) is 10.6. The number of hydrogen-bond donors (Lipinski definition) is 1. The molecule has 0 aliphatic rings. The second kappa shape index (κ2) is 4.90. The van der Waals surface area contributed by atoms with Crippen LogP contribution >= 0.6 is 15.9 Å². The zero-order valence-corrected chi connectivity index (χ0v) is 11.6. The van der Waals surface area contributed by atoms with Crippen LogP contribution in [-0.4, -0.2) is 4.98 Å².